The van der Waals surface area contributed by atoms with E-state index < -0.39 is 10.2 Å². The SMILES string of the molecule is Cc1ccc(NCc2nnc(SC(C)C(=O)Nc3ccc([N+](=O)[O-])cc3)n2-c2ccc(C)cc2)cc1. The largest absolute Gasteiger partial charge is 0.378 e. The molecule has 0 aliphatic rings. The second-order valence-electron chi connectivity index (χ2n) is 8.34. The van der Waals surface area contributed by atoms with Crippen molar-refractivity contribution in [2.75, 3.05) is 10.6 Å². The Balaban J connectivity index is 1.52. The van der Waals surface area contributed by atoms with Gasteiger partial charge in [-0.1, -0.05) is 47.2 Å². The molecule has 1 unspecified atom stereocenters. The van der Waals surface area contributed by atoms with Crippen LogP contribution in [0.2, 0.25) is 0 Å². The normalized spacial score (nSPS) is 11.6. The molecule has 1 amide bonds. The summed E-state index contributed by atoms with van der Waals surface area (Å²) in [5.41, 5.74) is 4.65. The first-order valence-corrected chi connectivity index (χ1v) is 12.2. The second-order valence-corrected chi connectivity index (χ2v) is 9.65. The van der Waals surface area contributed by atoms with Crippen molar-refractivity contribution in [3.8, 4) is 5.69 Å². The first kappa shape index (κ1) is 24.9. The summed E-state index contributed by atoms with van der Waals surface area (Å²) < 4.78 is 1.95. The Kier molecular flexibility index (Phi) is 7.65. The highest BCUT2D eigenvalue weighted by molar-refractivity contribution is 8.00. The average molecular weight is 503 g/mol. The van der Waals surface area contributed by atoms with Crippen LogP contribution >= 0.6 is 11.8 Å². The zero-order valence-electron chi connectivity index (χ0n) is 20.1. The molecule has 0 aliphatic carbocycles. The molecule has 3 aromatic carbocycles. The number of anilines is 2. The maximum atomic E-state index is 12.8. The van der Waals surface area contributed by atoms with Crippen LogP contribution in [-0.4, -0.2) is 30.8 Å². The summed E-state index contributed by atoms with van der Waals surface area (Å²) in [5, 5.41) is 25.9. The van der Waals surface area contributed by atoms with E-state index >= 15 is 0 Å². The van der Waals surface area contributed by atoms with Gasteiger partial charge in [0.15, 0.2) is 11.0 Å². The van der Waals surface area contributed by atoms with E-state index in [-0.39, 0.29) is 11.6 Å². The number of carbonyl (C=O) groups excluding carboxylic acids is 1. The van der Waals surface area contributed by atoms with E-state index in [1.807, 2.05) is 66.9 Å². The van der Waals surface area contributed by atoms with Crippen LogP contribution in [0.15, 0.2) is 78.0 Å². The van der Waals surface area contributed by atoms with E-state index in [2.05, 4.69) is 20.8 Å². The van der Waals surface area contributed by atoms with Crippen LogP contribution in [0.1, 0.15) is 23.9 Å². The van der Waals surface area contributed by atoms with Crippen molar-refractivity contribution < 1.29 is 9.72 Å². The molecule has 9 nitrogen and oxygen atoms in total. The lowest BCUT2D eigenvalue weighted by Crippen LogP contribution is -2.23. The summed E-state index contributed by atoms with van der Waals surface area (Å²) in [7, 11) is 0. The summed E-state index contributed by atoms with van der Waals surface area (Å²) in [6, 6.07) is 21.9. The number of carbonyl (C=O) groups is 1. The molecule has 0 bridgehead atoms. The van der Waals surface area contributed by atoms with Gasteiger partial charge in [0, 0.05) is 29.2 Å². The van der Waals surface area contributed by atoms with Crippen molar-refractivity contribution in [2.24, 2.45) is 0 Å². The maximum absolute atomic E-state index is 12.8. The summed E-state index contributed by atoms with van der Waals surface area (Å²) in [5.74, 6) is 0.469. The lowest BCUT2D eigenvalue weighted by molar-refractivity contribution is -0.384. The molecule has 0 radical (unpaired) electrons. The van der Waals surface area contributed by atoms with E-state index in [4.69, 9.17) is 0 Å². The monoisotopic (exact) mass is 502 g/mol. The summed E-state index contributed by atoms with van der Waals surface area (Å²) >= 11 is 1.29. The Morgan fingerprint density at radius 2 is 1.53 bits per heavy atom. The minimum atomic E-state index is -0.494. The molecule has 1 atom stereocenters. The van der Waals surface area contributed by atoms with Crippen molar-refractivity contribution in [1.82, 2.24) is 14.8 Å². The molecular weight excluding hydrogens is 476 g/mol. The van der Waals surface area contributed by atoms with E-state index in [0.29, 0.717) is 23.2 Å². The third kappa shape index (κ3) is 6.08. The van der Waals surface area contributed by atoms with Crippen LogP contribution in [0.5, 0.6) is 0 Å². The lowest BCUT2D eigenvalue weighted by Gasteiger charge is -2.14. The fraction of sp³-hybridized carbons (Fsp3) is 0.192. The quantitative estimate of drug-likeness (QED) is 0.176. The van der Waals surface area contributed by atoms with E-state index in [1.165, 1.54) is 41.6 Å². The molecule has 184 valence electrons. The van der Waals surface area contributed by atoms with Gasteiger partial charge < -0.3 is 10.6 Å². The Hall–Kier alpha value is -4.18. The van der Waals surface area contributed by atoms with Crippen molar-refractivity contribution in [1.29, 1.82) is 0 Å². The van der Waals surface area contributed by atoms with Crippen LogP contribution in [0.25, 0.3) is 5.69 Å². The molecule has 0 saturated heterocycles. The van der Waals surface area contributed by atoms with E-state index in [0.717, 1.165) is 16.9 Å². The first-order chi connectivity index (χ1) is 17.3. The van der Waals surface area contributed by atoms with E-state index in [1.54, 1.807) is 6.92 Å². The molecule has 0 saturated carbocycles. The fourth-order valence-electron chi connectivity index (χ4n) is 3.42. The Morgan fingerprint density at radius 1 is 0.944 bits per heavy atom. The zero-order valence-corrected chi connectivity index (χ0v) is 21.0. The van der Waals surface area contributed by atoms with Crippen LogP contribution < -0.4 is 10.6 Å². The minimum Gasteiger partial charge on any atom is -0.378 e. The van der Waals surface area contributed by atoms with Gasteiger partial charge in [0.05, 0.1) is 16.7 Å². The van der Waals surface area contributed by atoms with Gasteiger partial charge in [-0.3, -0.25) is 19.5 Å². The number of nitro groups is 1. The fourth-order valence-corrected chi connectivity index (χ4v) is 4.31. The standard InChI is InChI=1S/C26H26N6O3S/c1-17-4-8-20(9-5-17)27-16-24-29-30-26(31(24)22-12-6-18(2)7-13-22)36-19(3)25(33)28-21-10-14-23(15-11-21)32(34)35/h4-15,19,27H,16H2,1-3H3,(H,28,33). The third-order valence-corrected chi connectivity index (χ3v) is 6.53. The molecule has 4 aromatic rings. The van der Waals surface area contributed by atoms with Crippen LogP contribution in [0.3, 0.4) is 0 Å². The number of nitro benzene ring substituents is 1. The van der Waals surface area contributed by atoms with Crippen LogP contribution in [0, 0.1) is 24.0 Å². The van der Waals surface area contributed by atoms with Crippen molar-refractivity contribution in [3.63, 3.8) is 0 Å². The Labute approximate surface area is 213 Å². The number of nitrogens with one attached hydrogen (secondary N) is 2. The molecule has 0 fully saturated rings. The number of aromatic nitrogens is 3. The summed E-state index contributed by atoms with van der Waals surface area (Å²) in [6.45, 7) is 6.30. The molecule has 0 spiro atoms. The molecule has 1 heterocycles. The predicted octanol–water partition coefficient (Wildman–Crippen LogP) is 5.52. The van der Waals surface area contributed by atoms with Gasteiger partial charge in [-0.2, -0.15) is 0 Å². The van der Waals surface area contributed by atoms with Gasteiger partial charge in [0.25, 0.3) is 5.69 Å². The van der Waals surface area contributed by atoms with Gasteiger partial charge in [-0.05, 0) is 57.2 Å². The number of aryl methyl sites for hydroxylation is 2. The summed E-state index contributed by atoms with van der Waals surface area (Å²) in [4.78, 5) is 23.2. The summed E-state index contributed by atoms with van der Waals surface area (Å²) in [6.07, 6.45) is 0. The first-order valence-electron chi connectivity index (χ1n) is 11.3. The highest BCUT2D eigenvalue weighted by Crippen LogP contribution is 2.27. The number of benzene rings is 3. The number of amides is 1. The van der Waals surface area contributed by atoms with Crippen molar-refractivity contribution in [2.45, 2.75) is 37.7 Å². The van der Waals surface area contributed by atoms with Gasteiger partial charge in [-0.25, -0.2) is 0 Å². The van der Waals surface area contributed by atoms with E-state index in [9.17, 15) is 14.9 Å². The maximum Gasteiger partial charge on any atom is 0.269 e. The second kappa shape index (κ2) is 11.0. The highest BCUT2D eigenvalue weighted by Gasteiger charge is 2.21. The molecule has 10 heteroatoms. The minimum absolute atomic E-state index is 0.0339. The molecule has 0 aliphatic heterocycles. The molecule has 2 N–H and O–H groups in total. The van der Waals surface area contributed by atoms with Crippen molar-refractivity contribution in [3.05, 3.63) is 99.9 Å². The zero-order chi connectivity index (χ0) is 25.7. The van der Waals surface area contributed by atoms with Crippen molar-refractivity contribution >= 4 is 34.7 Å². The number of non-ortho nitro benzene ring substituents is 1. The number of rotatable bonds is 9. The lowest BCUT2D eigenvalue weighted by atomic mass is 10.2. The molecule has 1 aromatic heterocycles. The number of nitrogens with zero attached hydrogens (tertiary/aromatic N) is 4. The highest BCUT2D eigenvalue weighted by atomic mass is 32.2. The number of hydrogen-bond donors (Lipinski definition) is 2. The van der Waals surface area contributed by atoms with Crippen LogP contribution in [-0.2, 0) is 11.3 Å². The average Bonchev–Trinajstić information content (AvgIpc) is 3.26. The van der Waals surface area contributed by atoms with Gasteiger partial charge in [-0.15, -0.1) is 10.2 Å². The smallest absolute Gasteiger partial charge is 0.269 e. The Morgan fingerprint density at radius 3 is 2.14 bits per heavy atom. The molecule has 36 heavy (non-hydrogen) atoms. The molecular formula is C26H26N6O3S. The third-order valence-electron chi connectivity index (χ3n) is 5.49. The van der Waals surface area contributed by atoms with Gasteiger partial charge >= 0.3 is 0 Å². The number of hydrogen-bond acceptors (Lipinski definition) is 7. The predicted molar refractivity (Wildman–Crippen MR) is 142 cm³/mol. The number of thioether (sulfide) groups is 1. The van der Waals surface area contributed by atoms with Gasteiger partial charge in [0.1, 0.15) is 0 Å². The van der Waals surface area contributed by atoms with Gasteiger partial charge in [0.2, 0.25) is 5.91 Å². The Bertz CT molecular complexity index is 1350. The van der Waals surface area contributed by atoms with Crippen LogP contribution in [0.4, 0.5) is 17.1 Å². The topological polar surface area (TPSA) is 115 Å². The molecule has 4 rings (SSSR count).